The zero-order valence-corrected chi connectivity index (χ0v) is 15.7. The van der Waals surface area contributed by atoms with Crippen molar-refractivity contribution in [1.29, 1.82) is 0 Å². The first kappa shape index (κ1) is 20.8. The van der Waals surface area contributed by atoms with Crippen LogP contribution in [-0.2, 0) is 0 Å². The van der Waals surface area contributed by atoms with Crippen LogP contribution in [0.2, 0.25) is 0 Å². The van der Waals surface area contributed by atoms with Gasteiger partial charge in [-0.15, -0.1) is 12.4 Å². The second-order valence-corrected chi connectivity index (χ2v) is 6.28. The van der Waals surface area contributed by atoms with Crippen molar-refractivity contribution < 1.29 is 13.6 Å². The molecule has 0 aliphatic heterocycles. The topological polar surface area (TPSA) is 78.9 Å². The van der Waals surface area contributed by atoms with Crippen LogP contribution in [0.4, 0.5) is 20.5 Å². The number of nitrogens with one attached hydrogen (secondary N) is 3. The number of hydrogen-bond acceptors (Lipinski definition) is 5. The lowest BCUT2D eigenvalue weighted by Gasteiger charge is -2.29. The Balaban J connectivity index is 0.00000261. The SMILES string of the molecule is CNc1ccnc(NC2CCC(NC(=O)c3cccc(F)c3F)CC2)n1.Cl. The third kappa shape index (κ3) is 5.26. The third-order valence-electron chi connectivity index (χ3n) is 4.50. The van der Waals surface area contributed by atoms with Crippen LogP contribution in [0.3, 0.4) is 0 Å². The maximum Gasteiger partial charge on any atom is 0.254 e. The fourth-order valence-corrected chi connectivity index (χ4v) is 3.07. The van der Waals surface area contributed by atoms with Gasteiger partial charge in [0.1, 0.15) is 5.82 Å². The van der Waals surface area contributed by atoms with E-state index in [0.29, 0.717) is 5.95 Å². The molecule has 1 fully saturated rings. The first-order valence-electron chi connectivity index (χ1n) is 8.59. The number of aromatic nitrogens is 2. The number of nitrogens with zero attached hydrogens (tertiary/aromatic N) is 2. The van der Waals surface area contributed by atoms with Crippen molar-refractivity contribution >= 4 is 30.1 Å². The largest absolute Gasteiger partial charge is 0.373 e. The minimum atomic E-state index is -1.11. The molecule has 0 atom stereocenters. The maximum atomic E-state index is 13.7. The molecule has 1 saturated carbocycles. The Hall–Kier alpha value is -2.48. The van der Waals surface area contributed by atoms with E-state index in [1.165, 1.54) is 12.1 Å². The highest BCUT2D eigenvalue weighted by Crippen LogP contribution is 2.22. The fourth-order valence-electron chi connectivity index (χ4n) is 3.07. The summed E-state index contributed by atoms with van der Waals surface area (Å²) in [7, 11) is 1.79. The van der Waals surface area contributed by atoms with Gasteiger partial charge in [-0.1, -0.05) is 6.07 Å². The molecule has 6 nitrogen and oxygen atoms in total. The predicted octanol–water partition coefficient (Wildman–Crippen LogP) is 3.37. The molecule has 3 rings (SSSR count). The van der Waals surface area contributed by atoms with E-state index in [2.05, 4.69) is 25.9 Å². The number of carbonyl (C=O) groups excluding carboxylic acids is 1. The molecular formula is C18H22ClF2N5O. The zero-order valence-electron chi connectivity index (χ0n) is 14.8. The number of hydrogen-bond donors (Lipinski definition) is 3. The monoisotopic (exact) mass is 397 g/mol. The van der Waals surface area contributed by atoms with Gasteiger partial charge in [0.15, 0.2) is 11.6 Å². The lowest BCUT2D eigenvalue weighted by Crippen LogP contribution is -2.40. The summed E-state index contributed by atoms with van der Waals surface area (Å²) in [6.45, 7) is 0. The molecule has 2 aromatic rings. The van der Waals surface area contributed by atoms with E-state index in [9.17, 15) is 13.6 Å². The number of carbonyl (C=O) groups is 1. The van der Waals surface area contributed by atoms with Crippen molar-refractivity contribution in [1.82, 2.24) is 15.3 Å². The molecule has 1 aliphatic carbocycles. The maximum absolute atomic E-state index is 13.7. The Morgan fingerprint density at radius 2 is 1.81 bits per heavy atom. The van der Waals surface area contributed by atoms with Gasteiger partial charge in [0, 0.05) is 25.3 Å². The summed E-state index contributed by atoms with van der Waals surface area (Å²) in [6, 6.07) is 5.53. The molecule has 0 radical (unpaired) electrons. The Morgan fingerprint density at radius 3 is 2.52 bits per heavy atom. The second-order valence-electron chi connectivity index (χ2n) is 6.28. The van der Waals surface area contributed by atoms with Gasteiger partial charge < -0.3 is 16.0 Å². The summed E-state index contributed by atoms with van der Waals surface area (Å²) in [5.41, 5.74) is -0.262. The quantitative estimate of drug-likeness (QED) is 0.721. The highest BCUT2D eigenvalue weighted by Gasteiger charge is 2.24. The van der Waals surface area contributed by atoms with E-state index in [1.54, 1.807) is 19.3 Å². The van der Waals surface area contributed by atoms with Crippen molar-refractivity contribution in [2.45, 2.75) is 37.8 Å². The molecule has 146 valence electrons. The molecule has 0 spiro atoms. The average Bonchev–Trinajstić information content (AvgIpc) is 2.65. The molecule has 1 amide bonds. The molecule has 0 bridgehead atoms. The van der Waals surface area contributed by atoms with E-state index in [0.717, 1.165) is 37.6 Å². The first-order valence-corrected chi connectivity index (χ1v) is 8.59. The van der Waals surface area contributed by atoms with E-state index in [-0.39, 0.29) is 30.1 Å². The van der Waals surface area contributed by atoms with Gasteiger partial charge in [0.2, 0.25) is 5.95 Å². The van der Waals surface area contributed by atoms with Crippen LogP contribution in [0.25, 0.3) is 0 Å². The van der Waals surface area contributed by atoms with Gasteiger partial charge in [-0.05, 0) is 43.9 Å². The minimum absolute atomic E-state index is 0. The molecule has 1 aromatic carbocycles. The molecule has 9 heteroatoms. The minimum Gasteiger partial charge on any atom is -0.373 e. The predicted molar refractivity (Wildman–Crippen MR) is 102 cm³/mol. The number of anilines is 2. The average molecular weight is 398 g/mol. The molecule has 1 heterocycles. The molecule has 1 aromatic heterocycles. The van der Waals surface area contributed by atoms with Gasteiger partial charge in [-0.3, -0.25) is 4.79 Å². The summed E-state index contributed by atoms with van der Waals surface area (Å²) >= 11 is 0. The first-order chi connectivity index (χ1) is 12.6. The number of rotatable bonds is 5. The van der Waals surface area contributed by atoms with Crippen LogP contribution in [0, 0.1) is 11.6 Å². The van der Waals surface area contributed by atoms with Gasteiger partial charge >= 0.3 is 0 Å². The van der Waals surface area contributed by atoms with Crippen molar-refractivity contribution in [2.24, 2.45) is 0 Å². The summed E-state index contributed by atoms with van der Waals surface area (Å²) < 4.78 is 27.0. The van der Waals surface area contributed by atoms with Crippen LogP contribution in [0.15, 0.2) is 30.5 Å². The Labute approximate surface area is 162 Å². The van der Waals surface area contributed by atoms with E-state index >= 15 is 0 Å². The Morgan fingerprint density at radius 1 is 1.11 bits per heavy atom. The molecule has 0 unspecified atom stereocenters. The summed E-state index contributed by atoms with van der Waals surface area (Å²) in [4.78, 5) is 20.7. The second kappa shape index (κ2) is 9.45. The number of amides is 1. The lowest BCUT2D eigenvalue weighted by molar-refractivity contribution is 0.0921. The van der Waals surface area contributed by atoms with Gasteiger partial charge in [-0.2, -0.15) is 4.98 Å². The summed E-state index contributed by atoms with van der Waals surface area (Å²) in [6.07, 6.45) is 4.81. The molecule has 3 N–H and O–H groups in total. The Kier molecular flexibility index (Phi) is 7.29. The summed E-state index contributed by atoms with van der Waals surface area (Å²) in [5.74, 6) is -1.41. The highest BCUT2D eigenvalue weighted by molar-refractivity contribution is 5.94. The van der Waals surface area contributed by atoms with E-state index in [1.807, 2.05) is 0 Å². The van der Waals surface area contributed by atoms with Crippen LogP contribution >= 0.6 is 12.4 Å². The van der Waals surface area contributed by atoms with Crippen LogP contribution in [-0.4, -0.2) is 35.0 Å². The van der Waals surface area contributed by atoms with E-state index in [4.69, 9.17) is 0 Å². The Bertz CT molecular complexity index is 784. The van der Waals surface area contributed by atoms with Crippen molar-refractivity contribution in [3.63, 3.8) is 0 Å². The molecule has 27 heavy (non-hydrogen) atoms. The molecule has 0 saturated heterocycles. The van der Waals surface area contributed by atoms with Gasteiger partial charge in [0.05, 0.1) is 5.56 Å². The normalized spacial score (nSPS) is 18.9. The molecule has 1 aliphatic rings. The highest BCUT2D eigenvalue weighted by atomic mass is 35.5. The zero-order chi connectivity index (χ0) is 18.5. The van der Waals surface area contributed by atoms with Crippen LogP contribution in [0.1, 0.15) is 36.0 Å². The van der Waals surface area contributed by atoms with Crippen LogP contribution < -0.4 is 16.0 Å². The number of halogens is 3. The van der Waals surface area contributed by atoms with Crippen molar-refractivity contribution in [3.8, 4) is 0 Å². The summed E-state index contributed by atoms with van der Waals surface area (Å²) in [5, 5.41) is 9.05. The van der Waals surface area contributed by atoms with Crippen LogP contribution in [0.5, 0.6) is 0 Å². The smallest absolute Gasteiger partial charge is 0.254 e. The third-order valence-corrected chi connectivity index (χ3v) is 4.50. The van der Waals surface area contributed by atoms with Gasteiger partial charge in [-0.25, -0.2) is 13.8 Å². The standard InChI is InChI=1S/C18H21F2N5O.ClH/c1-21-15-9-10-22-18(25-15)24-12-7-5-11(6-8-12)23-17(26)13-3-2-4-14(19)16(13)20;/h2-4,9-12H,5-8H2,1H3,(H,23,26)(H2,21,22,24,25);1H. The fraction of sp³-hybridized carbons (Fsp3) is 0.389. The number of benzene rings is 1. The van der Waals surface area contributed by atoms with Gasteiger partial charge in [0.25, 0.3) is 5.91 Å². The van der Waals surface area contributed by atoms with Crippen molar-refractivity contribution in [3.05, 3.63) is 47.7 Å². The molecular weight excluding hydrogens is 376 g/mol. The van der Waals surface area contributed by atoms with Crippen molar-refractivity contribution in [2.75, 3.05) is 17.7 Å². The van der Waals surface area contributed by atoms with E-state index < -0.39 is 17.5 Å². The lowest BCUT2D eigenvalue weighted by atomic mass is 9.91.